The van der Waals surface area contributed by atoms with E-state index in [-0.39, 0.29) is 5.91 Å². The molecule has 2 N–H and O–H groups in total. The SMILES string of the molecule is CCCNc1cncc(C(=O)NCCC2CCOC2)n1. The minimum atomic E-state index is -0.170. The average Bonchev–Trinajstić information content (AvgIpc) is 2.98. The van der Waals surface area contributed by atoms with Gasteiger partial charge in [-0.15, -0.1) is 0 Å². The predicted molar refractivity (Wildman–Crippen MR) is 76.7 cm³/mol. The van der Waals surface area contributed by atoms with Crippen molar-refractivity contribution in [3.8, 4) is 0 Å². The summed E-state index contributed by atoms with van der Waals surface area (Å²) in [5.74, 6) is 1.04. The Bertz CT molecular complexity index is 433. The van der Waals surface area contributed by atoms with Crippen LogP contribution >= 0.6 is 0 Å². The zero-order valence-corrected chi connectivity index (χ0v) is 11.9. The summed E-state index contributed by atoms with van der Waals surface area (Å²) >= 11 is 0. The third-order valence-electron chi connectivity index (χ3n) is 3.29. The van der Waals surface area contributed by atoms with Gasteiger partial charge in [0.05, 0.1) is 12.4 Å². The maximum atomic E-state index is 12.0. The Balaban J connectivity index is 1.78. The Labute approximate surface area is 119 Å². The fourth-order valence-corrected chi connectivity index (χ4v) is 2.11. The second-order valence-electron chi connectivity index (χ2n) is 4.99. The molecule has 0 radical (unpaired) electrons. The normalized spacial score (nSPS) is 17.9. The van der Waals surface area contributed by atoms with Crippen LogP contribution in [-0.2, 0) is 4.74 Å². The number of amides is 1. The molecule has 0 spiro atoms. The minimum Gasteiger partial charge on any atom is -0.381 e. The van der Waals surface area contributed by atoms with Gasteiger partial charge in [-0.25, -0.2) is 4.98 Å². The number of carbonyl (C=O) groups excluding carboxylic acids is 1. The molecule has 1 amide bonds. The van der Waals surface area contributed by atoms with E-state index in [2.05, 4.69) is 27.5 Å². The molecule has 1 atom stereocenters. The third-order valence-corrected chi connectivity index (χ3v) is 3.29. The van der Waals surface area contributed by atoms with Crippen molar-refractivity contribution in [3.05, 3.63) is 18.1 Å². The first kappa shape index (κ1) is 14.7. The van der Waals surface area contributed by atoms with Crippen LogP contribution < -0.4 is 10.6 Å². The fraction of sp³-hybridized carbons (Fsp3) is 0.643. The average molecular weight is 278 g/mol. The van der Waals surface area contributed by atoms with E-state index in [9.17, 15) is 4.79 Å². The Hall–Kier alpha value is -1.69. The molecule has 0 aliphatic carbocycles. The van der Waals surface area contributed by atoms with Gasteiger partial charge in [-0.1, -0.05) is 6.92 Å². The number of hydrogen-bond donors (Lipinski definition) is 2. The van der Waals surface area contributed by atoms with Gasteiger partial charge in [0.1, 0.15) is 11.5 Å². The van der Waals surface area contributed by atoms with Gasteiger partial charge in [0.15, 0.2) is 0 Å². The van der Waals surface area contributed by atoms with E-state index in [0.717, 1.165) is 39.0 Å². The highest BCUT2D eigenvalue weighted by atomic mass is 16.5. The number of ether oxygens (including phenoxy) is 1. The summed E-state index contributed by atoms with van der Waals surface area (Å²) in [7, 11) is 0. The van der Waals surface area contributed by atoms with Crippen LogP contribution in [-0.4, -0.2) is 42.2 Å². The van der Waals surface area contributed by atoms with E-state index in [1.165, 1.54) is 6.20 Å². The van der Waals surface area contributed by atoms with Crippen LogP contribution in [0.3, 0.4) is 0 Å². The quantitative estimate of drug-likeness (QED) is 0.789. The Morgan fingerprint density at radius 1 is 1.45 bits per heavy atom. The van der Waals surface area contributed by atoms with E-state index in [1.807, 2.05) is 0 Å². The van der Waals surface area contributed by atoms with Crippen molar-refractivity contribution in [2.75, 3.05) is 31.6 Å². The maximum Gasteiger partial charge on any atom is 0.271 e. The number of carbonyl (C=O) groups is 1. The molecule has 110 valence electrons. The minimum absolute atomic E-state index is 0.170. The topological polar surface area (TPSA) is 76.1 Å². The van der Waals surface area contributed by atoms with E-state index in [4.69, 9.17) is 4.74 Å². The number of nitrogens with one attached hydrogen (secondary N) is 2. The molecule has 6 nitrogen and oxygen atoms in total. The van der Waals surface area contributed by atoms with E-state index in [1.54, 1.807) is 6.20 Å². The van der Waals surface area contributed by atoms with Crippen molar-refractivity contribution >= 4 is 11.7 Å². The van der Waals surface area contributed by atoms with Crippen molar-refractivity contribution in [1.82, 2.24) is 15.3 Å². The number of hydrogen-bond acceptors (Lipinski definition) is 5. The molecule has 20 heavy (non-hydrogen) atoms. The smallest absolute Gasteiger partial charge is 0.271 e. The highest BCUT2D eigenvalue weighted by Crippen LogP contribution is 2.15. The molecule has 2 heterocycles. The molecule has 1 aromatic rings. The molecule has 0 saturated carbocycles. The highest BCUT2D eigenvalue weighted by Gasteiger charge is 2.16. The third kappa shape index (κ3) is 4.45. The van der Waals surface area contributed by atoms with Gasteiger partial charge in [-0.05, 0) is 25.2 Å². The summed E-state index contributed by atoms with van der Waals surface area (Å²) in [5.41, 5.74) is 0.355. The van der Waals surface area contributed by atoms with Crippen molar-refractivity contribution < 1.29 is 9.53 Å². The highest BCUT2D eigenvalue weighted by molar-refractivity contribution is 5.92. The molecule has 1 aromatic heterocycles. The zero-order valence-electron chi connectivity index (χ0n) is 11.9. The molecule has 6 heteroatoms. The molecular weight excluding hydrogens is 256 g/mol. The first-order chi connectivity index (χ1) is 9.79. The second-order valence-corrected chi connectivity index (χ2v) is 4.99. The number of nitrogens with zero attached hydrogens (tertiary/aromatic N) is 2. The molecular formula is C14H22N4O2. The Morgan fingerprint density at radius 3 is 3.10 bits per heavy atom. The van der Waals surface area contributed by atoms with E-state index in [0.29, 0.717) is 24.0 Å². The molecule has 1 aliphatic rings. The van der Waals surface area contributed by atoms with E-state index < -0.39 is 0 Å². The summed E-state index contributed by atoms with van der Waals surface area (Å²) in [6.07, 6.45) is 6.16. The van der Waals surface area contributed by atoms with Crippen molar-refractivity contribution in [2.24, 2.45) is 5.92 Å². The fourth-order valence-electron chi connectivity index (χ4n) is 2.11. The summed E-state index contributed by atoms with van der Waals surface area (Å²) in [5, 5.41) is 6.00. The number of anilines is 1. The Morgan fingerprint density at radius 2 is 2.35 bits per heavy atom. The van der Waals surface area contributed by atoms with Gasteiger partial charge in [0.2, 0.25) is 0 Å². The lowest BCUT2D eigenvalue weighted by molar-refractivity contribution is 0.0945. The number of aromatic nitrogens is 2. The standard InChI is InChI=1S/C14H22N4O2/c1-2-5-16-13-9-15-8-12(18-13)14(19)17-6-3-11-4-7-20-10-11/h8-9,11H,2-7,10H2,1H3,(H,16,18)(H,17,19). The Kier molecular flexibility index (Phi) is 5.73. The van der Waals surface area contributed by atoms with Crippen LogP contribution in [0.4, 0.5) is 5.82 Å². The molecule has 2 rings (SSSR count). The number of rotatable bonds is 7. The van der Waals surface area contributed by atoms with Crippen LogP contribution in [0.2, 0.25) is 0 Å². The van der Waals surface area contributed by atoms with Crippen LogP contribution in [0.1, 0.15) is 36.7 Å². The van der Waals surface area contributed by atoms with Gasteiger partial charge in [0.25, 0.3) is 5.91 Å². The second kappa shape index (κ2) is 7.79. The summed E-state index contributed by atoms with van der Waals surface area (Å²) in [4.78, 5) is 20.3. The summed E-state index contributed by atoms with van der Waals surface area (Å²) in [6, 6.07) is 0. The van der Waals surface area contributed by atoms with Gasteiger partial charge in [-0.2, -0.15) is 0 Å². The summed E-state index contributed by atoms with van der Waals surface area (Å²) < 4.78 is 5.31. The van der Waals surface area contributed by atoms with Crippen molar-refractivity contribution in [2.45, 2.75) is 26.2 Å². The molecule has 1 unspecified atom stereocenters. The largest absolute Gasteiger partial charge is 0.381 e. The monoisotopic (exact) mass is 278 g/mol. The molecule has 0 aromatic carbocycles. The first-order valence-corrected chi connectivity index (χ1v) is 7.21. The lowest BCUT2D eigenvalue weighted by Gasteiger charge is -2.09. The molecule has 0 bridgehead atoms. The van der Waals surface area contributed by atoms with Crippen LogP contribution in [0.15, 0.2) is 12.4 Å². The van der Waals surface area contributed by atoms with Gasteiger partial charge in [-0.3, -0.25) is 9.78 Å². The van der Waals surface area contributed by atoms with Crippen LogP contribution in [0, 0.1) is 5.92 Å². The first-order valence-electron chi connectivity index (χ1n) is 7.21. The van der Waals surface area contributed by atoms with Crippen molar-refractivity contribution in [1.29, 1.82) is 0 Å². The van der Waals surface area contributed by atoms with Crippen LogP contribution in [0.25, 0.3) is 0 Å². The van der Waals surface area contributed by atoms with Gasteiger partial charge >= 0.3 is 0 Å². The van der Waals surface area contributed by atoms with Crippen molar-refractivity contribution in [3.63, 3.8) is 0 Å². The maximum absolute atomic E-state index is 12.0. The lowest BCUT2D eigenvalue weighted by Crippen LogP contribution is -2.27. The summed E-state index contributed by atoms with van der Waals surface area (Å²) in [6.45, 7) is 5.20. The van der Waals surface area contributed by atoms with Gasteiger partial charge < -0.3 is 15.4 Å². The molecule has 1 aliphatic heterocycles. The molecule has 1 saturated heterocycles. The molecule has 1 fully saturated rings. The lowest BCUT2D eigenvalue weighted by atomic mass is 10.1. The van der Waals surface area contributed by atoms with Gasteiger partial charge in [0, 0.05) is 26.3 Å². The van der Waals surface area contributed by atoms with E-state index >= 15 is 0 Å². The predicted octanol–water partition coefficient (Wildman–Crippen LogP) is 1.45. The van der Waals surface area contributed by atoms with Crippen LogP contribution in [0.5, 0.6) is 0 Å². The zero-order chi connectivity index (χ0) is 14.2.